The standard InChI is InChI=1S/C15H21N3O3/c1-21-10-14(19)18-8-6-13(7-9-18)17-15(20)11-2-4-12(16)5-3-11/h2-5,13H,6-10,16H2,1H3,(H,17,20). The Morgan fingerprint density at radius 2 is 1.90 bits per heavy atom. The number of hydrogen-bond acceptors (Lipinski definition) is 4. The van der Waals surface area contributed by atoms with Crippen LogP contribution in [0.2, 0.25) is 0 Å². The zero-order valence-electron chi connectivity index (χ0n) is 12.2. The van der Waals surface area contributed by atoms with Gasteiger partial charge in [0.15, 0.2) is 0 Å². The van der Waals surface area contributed by atoms with E-state index in [1.165, 1.54) is 7.11 Å². The average molecular weight is 291 g/mol. The maximum atomic E-state index is 12.1. The van der Waals surface area contributed by atoms with E-state index in [4.69, 9.17) is 10.5 Å². The van der Waals surface area contributed by atoms with E-state index < -0.39 is 0 Å². The van der Waals surface area contributed by atoms with E-state index in [-0.39, 0.29) is 24.5 Å². The van der Waals surface area contributed by atoms with Gasteiger partial charge in [-0.2, -0.15) is 0 Å². The van der Waals surface area contributed by atoms with Crippen LogP contribution in [0.1, 0.15) is 23.2 Å². The number of nitrogens with one attached hydrogen (secondary N) is 1. The summed E-state index contributed by atoms with van der Waals surface area (Å²) < 4.78 is 4.84. The number of nitrogens with two attached hydrogens (primary N) is 1. The summed E-state index contributed by atoms with van der Waals surface area (Å²) in [5.41, 5.74) is 6.83. The number of rotatable bonds is 4. The number of anilines is 1. The predicted molar refractivity (Wildman–Crippen MR) is 79.8 cm³/mol. The second-order valence-corrected chi connectivity index (χ2v) is 5.18. The SMILES string of the molecule is COCC(=O)N1CCC(NC(=O)c2ccc(N)cc2)CC1. The molecule has 1 saturated heterocycles. The van der Waals surface area contributed by atoms with E-state index in [9.17, 15) is 9.59 Å². The number of hydrogen-bond donors (Lipinski definition) is 2. The fourth-order valence-electron chi connectivity index (χ4n) is 2.39. The molecule has 6 heteroatoms. The van der Waals surface area contributed by atoms with E-state index in [0.717, 1.165) is 12.8 Å². The minimum atomic E-state index is -0.100. The van der Waals surface area contributed by atoms with Crippen molar-refractivity contribution in [3.05, 3.63) is 29.8 Å². The lowest BCUT2D eigenvalue weighted by atomic mass is 10.0. The molecule has 0 radical (unpaired) electrons. The number of carbonyl (C=O) groups excluding carboxylic acids is 2. The Bertz CT molecular complexity index is 493. The van der Waals surface area contributed by atoms with Crippen LogP contribution in [0.15, 0.2) is 24.3 Å². The molecule has 21 heavy (non-hydrogen) atoms. The smallest absolute Gasteiger partial charge is 0.251 e. The molecule has 0 spiro atoms. The number of nitrogens with zero attached hydrogens (tertiary/aromatic N) is 1. The highest BCUT2D eigenvalue weighted by atomic mass is 16.5. The Morgan fingerprint density at radius 1 is 1.29 bits per heavy atom. The van der Waals surface area contributed by atoms with E-state index in [1.807, 2.05) is 0 Å². The third kappa shape index (κ3) is 4.19. The maximum Gasteiger partial charge on any atom is 0.251 e. The van der Waals surface area contributed by atoms with Crippen molar-refractivity contribution < 1.29 is 14.3 Å². The number of carbonyl (C=O) groups is 2. The molecule has 0 bridgehead atoms. The van der Waals surface area contributed by atoms with Crippen molar-refractivity contribution in [3.8, 4) is 0 Å². The van der Waals surface area contributed by atoms with Crippen molar-refractivity contribution in [2.24, 2.45) is 0 Å². The summed E-state index contributed by atoms with van der Waals surface area (Å²) in [5.74, 6) is -0.0996. The molecule has 0 unspecified atom stereocenters. The molecule has 0 saturated carbocycles. The molecule has 6 nitrogen and oxygen atoms in total. The summed E-state index contributed by atoms with van der Waals surface area (Å²) in [6, 6.07) is 6.94. The highest BCUT2D eigenvalue weighted by Crippen LogP contribution is 2.12. The van der Waals surface area contributed by atoms with Crippen LogP contribution in [0, 0.1) is 0 Å². The first-order chi connectivity index (χ1) is 10.1. The van der Waals surface area contributed by atoms with Crippen molar-refractivity contribution in [1.29, 1.82) is 0 Å². The second-order valence-electron chi connectivity index (χ2n) is 5.18. The van der Waals surface area contributed by atoms with Gasteiger partial charge in [-0.25, -0.2) is 0 Å². The molecule has 0 atom stereocenters. The van der Waals surface area contributed by atoms with Gasteiger partial charge in [-0.05, 0) is 37.1 Å². The fraction of sp³-hybridized carbons (Fsp3) is 0.467. The summed E-state index contributed by atoms with van der Waals surface area (Å²) in [7, 11) is 1.51. The summed E-state index contributed by atoms with van der Waals surface area (Å²) in [6.07, 6.45) is 1.52. The van der Waals surface area contributed by atoms with Crippen LogP contribution in [0.5, 0.6) is 0 Å². The van der Waals surface area contributed by atoms with Gasteiger partial charge in [0.2, 0.25) is 5.91 Å². The molecule has 1 heterocycles. The number of benzene rings is 1. The topological polar surface area (TPSA) is 84.7 Å². The van der Waals surface area contributed by atoms with Crippen molar-refractivity contribution in [2.45, 2.75) is 18.9 Å². The summed E-state index contributed by atoms with van der Waals surface area (Å²) in [4.78, 5) is 25.5. The van der Waals surface area contributed by atoms with Crippen LogP contribution in [0.25, 0.3) is 0 Å². The quantitative estimate of drug-likeness (QED) is 0.797. The molecule has 1 aromatic carbocycles. The Labute approximate surface area is 124 Å². The minimum Gasteiger partial charge on any atom is -0.399 e. The van der Waals surface area contributed by atoms with Crippen LogP contribution in [0.4, 0.5) is 5.69 Å². The molecule has 2 rings (SSSR count). The van der Waals surface area contributed by atoms with Crippen LogP contribution in [-0.2, 0) is 9.53 Å². The van der Waals surface area contributed by atoms with Gasteiger partial charge in [0, 0.05) is 37.5 Å². The van der Waals surface area contributed by atoms with E-state index >= 15 is 0 Å². The van der Waals surface area contributed by atoms with Gasteiger partial charge in [0.05, 0.1) is 0 Å². The van der Waals surface area contributed by atoms with E-state index in [0.29, 0.717) is 24.3 Å². The van der Waals surface area contributed by atoms with Crippen LogP contribution in [0.3, 0.4) is 0 Å². The Balaban J connectivity index is 1.82. The molecule has 1 fully saturated rings. The first-order valence-electron chi connectivity index (χ1n) is 7.03. The number of piperidine rings is 1. The van der Waals surface area contributed by atoms with Gasteiger partial charge in [-0.15, -0.1) is 0 Å². The number of amides is 2. The van der Waals surface area contributed by atoms with E-state index in [2.05, 4.69) is 5.32 Å². The molecule has 1 aliphatic heterocycles. The third-order valence-corrected chi connectivity index (χ3v) is 3.62. The predicted octanol–water partition coefficient (Wildman–Crippen LogP) is 0.636. The van der Waals surface area contributed by atoms with Crippen molar-refractivity contribution in [3.63, 3.8) is 0 Å². The molecule has 2 amide bonds. The van der Waals surface area contributed by atoms with Gasteiger partial charge in [-0.3, -0.25) is 9.59 Å². The van der Waals surface area contributed by atoms with Gasteiger partial charge < -0.3 is 20.7 Å². The lowest BCUT2D eigenvalue weighted by molar-refractivity contribution is -0.136. The molecule has 114 valence electrons. The molecule has 1 aliphatic rings. The molecular weight excluding hydrogens is 270 g/mol. The normalized spacial score (nSPS) is 15.8. The largest absolute Gasteiger partial charge is 0.399 e. The van der Waals surface area contributed by atoms with Gasteiger partial charge in [0.25, 0.3) is 5.91 Å². The average Bonchev–Trinajstić information content (AvgIpc) is 2.49. The summed E-state index contributed by atoms with van der Waals surface area (Å²) in [5, 5.41) is 3.00. The maximum absolute atomic E-state index is 12.1. The summed E-state index contributed by atoms with van der Waals surface area (Å²) in [6.45, 7) is 1.41. The van der Waals surface area contributed by atoms with Gasteiger partial charge >= 0.3 is 0 Å². The Kier molecular flexibility index (Phi) is 5.16. The Hall–Kier alpha value is -2.08. The molecule has 3 N–H and O–H groups in total. The highest BCUT2D eigenvalue weighted by Gasteiger charge is 2.23. The number of nitrogen functional groups attached to an aromatic ring is 1. The minimum absolute atomic E-state index is 0.000751. The van der Waals surface area contributed by atoms with Gasteiger partial charge in [-0.1, -0.05) is 0 Å². The zero-order chi connectivity index (χ0) is 15.2. The van der Waals surface area contributed by atoms with Crippen LogP contribution in [-0.4, -0.2) is 49.6 Å². The van der Waals surface area contributed by atoms with Crippen molar-refractivity contribution in [1.82, 2.24) is 10.2 Å². The van der Waals surface area contributed by atoms with E-state index in [1.54, 1.807) is 29.2 Å². The fourth-order valence-corrected chi connectivity index (χ4v) is 2.39. The van der Waals surface area contributed by atoms with Crippen molar-refractivity contribution >= 4 is 17.5 Å². The first-order valence-corrected chi connectivity index (χ1v) is 7.03. The van der Waals surface area contributed by atoms with Gasteiger partial charge in [0.1, 0.15) is 6.61 Å². The zero-order valence-corrected chi connectivity index (χ0v) is 12.2. The van der Waals surface area contributed by atoms with Crippen LogP contribution < -0.4 is 11.1 Å². The Morgan fingerprint density at radius 3 is 2.48 bits per heavy atom. The number of methoxy groups -OCH3 is 1. The lowest BCUT2D eigenvalue weighted by Crippen LogP contribution is -2.47. The number of ether oxygens (including phenoxy) is 1. The highest BCUT2D eigenvalue weighted by molar-refractivity contribution is 5.94. The third-order valence-electron chi connectivity index (χ3n) is 3.62. The molecular formula is C15H21N3O3. The monoisotopic (exact) mass is 291 g/mol. The number of likely N-dealkylation sites (tertiary alicyclic amines) is 1. The molecule has 0 aliphatic carbocycles. The van der Waals surface area contributed by atoms with Crippen molar-refractivity contribution in [2.75, 3.05) is 32.5 Å². The summed E-state index contributed by atoms with van der Waals surface area (Å²) >= 11 is 0. The second kappa shape index (κ2) is 7.08. The first kappa shape index (κ1) is 15.3. The lowest BCUT2D eigenvalue weighted by Gasteiger charge is -2.32. The molecule has 0 aromatic heterocycles. The molecule has 1 aromatic rings. The van der Waals surface area contributed by atoms with Crippen LogP contribution >= 0.6 is 0 Å².